The molecular weight excluding hydrogens is 318 g/mol. The summed E-state index contributed by atoms with van der Waals surface area (Å²) in [6, 6.07) is 6.04. The van der Waals surface area contributed by atoms with Crippen LogP contribution >= 0.6 is 0 Å². The Morgan fingerprint density at radius 2 is 2.12 bits per heavy atom. The molecule has 0 spiro atoms. The zero-order valence-corrected chi connectivity index (χ0v) is 15.2. The minimum Gasteiger partial charge on any atom is -0.497 e. The van der Waals surface area contributed by atoms with Crippen LogP contribution in [0.1, 0.15) is 48.1 Å². The number of hydrogen-bond acceptors (Lipinski definition) is 4. The fraction of sp³-hybridized carbons (Fsp3) is 0.474. The average molecular weight is 343 g/mol. The Morgan fingerprint density at radius 1 is 1.32 bits per heavy atom. The Balaban J connectivity index is 1.82. The van der Waals surface area contributed by atoms with E-state index in [1.165, 1.54) is 0 Å². The van der Waals surface area contributed by atoms with Crippen molar-refractivity contribution in [2.45, 2.75) is 45.2 Å². The van der Waals surface area contributed by atoms with E-state index in [-0.39, 0.29) is 11.9 Å². The summed E-state index contributed by atoms with van der Waals surface area (Å²) in [6.45, 7) is 4.68. The molecule has 2 heterocycles. The first-order chi connectivity index (χ1) is 12.0. The molecule has 0 saturated heterocycles. The Kier molecular flexibility index (Phi) is 4.97. The number of rotatable bonds is 5. The number of fused-ring (bicyclic) bond motifs is 1. The number of imidazole rings is 1. The van der Waals surface area contributed by atoms with E-state index in [1.807, 2.05) is 32.2 Å². The van der Waals surface area contributed by atoms with Gasteiger partial charge in [-0.15, -0.1) is 0 Å². The van der Waals surface area contributed by atoms with Crippen LogP contribution in [0, 0.1) is 0 Å². The first-order valence-electron chi connectivity index (χ1n) is 8.60. The van der Waals surface area contributed by atoms with Gasteiger partial charge in [-0.3, -0.25) is 4.79 Å². The summed E-state index contributed by atoms with van der Waals surface area (Å²) >= 11 is 0. The molecule has 0 radical (unpaired) electrons. The smallest absolute Gasteiger partial charge is 0.271 e. The van der Waals surface area contributed by atoms with Gasteiger partial charge in [0.15, 0.2) is 0 Å². The van der Waals surface area contributed by atoms with Crippen LogP contribution in [0.2, 0.25) is 0 Å². The molecule has 0 saturated carbocycles. The fourth-order valence-corrected chi connectivity index (χ4v) is 3.30. The number of carbonyl (C=O) groups excluding carboxylic acids is 1. The minimum atomic E-state index is -0.115. The summed E-state index contributed by atoms with van der Waals surface area (Å²) in [7, 11) is 3.33. The number of carbonyl (C=O) groups is 1. The maximum atomic E-state index is 12.2. The molecule has 1 amide bonds. The van der Waals surface area contributed by atoms with Crippen LogP contribution < -0.4 is 14.8 Å². The van der Waals surface area contributed by atoms with E-state index >= 15 is 0 Å². The van der Waals surface area contributed by atoms with Crippen LogP contribution in [0.5, 0.6) is 11.5 Å². The summed E-state index contributed by atoms with van der Waals surface area (Å²) in [4.78, 5) is 16.7. The molecule has 1 aromatic carbocycles. The first kappa shape index (κ1) is 17.3. The van der Waals surface area contributed by atoms with Gasteiger partial charge in [-0.05, 0) is 31.9 Å². The van der Waals surface area contributed by atoms with Gasteiger partial charge in [0.05, 0.1) is 14.2 Å². The molecule has 1 aliphatic rings. The monoisotopic (exact) mass is 343 g/mol. The SMILES string of the molecule is COc1ccc(C2CCc3nc(C(=O)NC(C)C)cn3C2)c(OC)c1. The van der Waals surface area contributed by atoms with E-state index in [4.69, 9.17) is 9.47 Å². The minimum absolute atomic E-state index is 0.0996. The van der Waals surface area contributed by atoms with Gasteiger partial charge < -0.3 is 19.4 Å². The first-order valence-corrected chi connectivity index (χ1v) is 8.60. The fourth-order valence-electron chi connectivity index (χ4n) is 3.30. The predicted octanol–water partition coefficient (Wildman–Crippen LogP) is 2.77. The molecule has 25 heavy (non-hydrogen) atoms. The van der Waals surface area contributed by atoms with E-state index in [0.29, 0.717) is 11.6 Å². The number of hydrogen-bond donors (Lipinski definition) is 1. The van der Waals surface area contributed by atoms with Crippen LogP contribution in [0.3, 0.4) is 0 Å². The molecule has 1 unspecified atom stereocenters. The molecule has 3 rings (SSSR count). The third kappa shape index (κ3) is 3.62. The number of nitrogens with zero attached hydrogens (tertiary/aromatic N) is 2. The summed E-state index contributed by atoms with van der Waals surface area (Å²) in [6.07, 6.45) is 3.68. The second-order valence-corrected chi connectivity index (χ2v) is 6.67. The Hall–Kier alpha value is -2.50. The predicted molar refractivity (Wildman–Crippen MR) is 95.4 cm³/mol. The van der Waals surface area contributed by atoms with Crippen molar-refractivity contribution in [3.63, 3.8) is 0 Å². The number of amides is 1. The van der Waals surface area contributed by atoms with Gasteiger partial charge in [-0.2, -0.15) is 0 Å². The lowest BCUT2D eigenvalue weighted by Crippen LogP contribution is -2.30. The highest BCUT2D eigenvalue weighted by molar-refractivity contribution is 5.92. The van der Waals surface area contributed by atoms with E-state index in [9.17, 15) is 4.79 Å². The van der Waals surface area contributed by atoms with Crippen molar-refractivity contribution in [1.29, 1.82) is 0 Å². The van der Waals surface area contributed by atoms with Crippen LogP contribution in [0.4, 0.5) is 0 Å². The second-order valence-electron chi connectivity index (χ2n) is 6.67. The molecule has 1 atom stereocenters. The van der Waals surface area contributed by atoms with Gasteiger partial charge in [-0.25, -0.2) is 4.98 Å². The third-order valence-electron chi connectivity index (χ3n) is 4.53. The van der Waals surface area contributed by atoms with Crippen molar-refractivity contribution >= 4 is 5.91 Å². The Morgan fingerprint density at radius 3 is 2.80 bits per heavy atom. The molecule has 1 aromatic heterocycles. The second kappa shape index (κ2) is 7.17. The molecule has 6 nitrogen and oxygen atoms in total. The van der Waals surface area contributed by atoms with Gasteiger partial charge in [0.25, 0.3) is 5.91 Å². The maximum absolute atomic E-state index is 12.2. The van der Waals surface area contributed by atoms with Crippen molar-refractivity contribution in [2.75, 3.05) is 14.2 Å². The number of aryl methyl sites for hydroxylation is 1. The molecule has 134 valence electrons. The van der Waals surface area contributed by atoms with Gasteiger partial charge >= 0.3 is 0 Å². The van der Waals surface area contributed by atoms with Crippen LogP contribution in [-0.4, -0.2) is 35.7 Å². The highest BCUT2D eigenvalue weighted by atomic mass is 16.5. The molecule has 6 heteroatoms. The summed E-state index contributed by atoms with van der Waals surface area (Å²) in [5, 5.41) is 2.89. The van der Waals surface area contributed by atoms with E-state index in [0.717, 1.165) is 42.3 Å². The van der Waals surface area contributed by atoms with Crippen molar-refractivity contribution < 1.29 is 14.3 Å². The van der Waals surface area contributed by atoms with Gasteiger partial charge in [-0.1, -0.05) is 6.07 Å². The average Bonchev–Trinajstić information content (AvgIpc) is 3.04. The lowest BCUT2D eigenvalue weighted by molar-refractivity contribution is 0.0938. The van der Waals surface area contributed by atoms with E-state index in [2.05, 4.69) is 20.9 Å². The maximum Gasteiger partial charge on any atom is 0.271 e. The zero-order chi connectivity index (χ0) is 18.0. The van der Waals surface area contributed by atoms with Gasteiger partial charge in [0, 0.05) is 37.2 Å². The lowest BCUT2D eigenvalue weighted by Gasteiger charge is -2.25. The third-order valence-corrected chi connectivity index (χ3v) is 4.53. The van der Waals surface area contributed by atoms with Crippen molar-refractivity contribution in [2.24, 2.45) is 0 Å². The summed E-state index contributed by atoms with van der Waals surface area (Å²) < 4.78 is 12.9. The highest BCUT2D eigenvalue weighted by Crippen LogP contribution is 2.36. The summed E-state index contributed by atoms with van der Waals surface area (Å²) in [5.41, 5.74) is 1.65. The topological polar surface area (TPSA) is 65.4 Å². The zero-order valence-electron chi connectivity index (χ0n) is 15.2. The number of nitrogens with one attached hydrogen (secondary N) is 1. The number of benzene rings is 1. The normalized spacial score (nSPS) is 16.4. The molecular formula is C19H25N3O3. The number of aromatic nitrogens is 2. The number of ether oxygens (including phenoxy) is 2. The van der Waals surface area contributed by atoms with Gasteiger partial charge in [0.1, 0.15) is 23.0 Å². The molecule has 2 aromatic rings. The largest absolute Gasteiger partial charge is 0.497 e. The van der Waals surface area contributed by atoms with E-state index in [1.54, 1.807) is 14.2 Å². The highest BCUT2D eigenvalue weighted by Gasteiger charge is 2.25. The number of methoxy groups -OCH3 is 2. The molecule has 1 aliphatic heterocycles. The Labute approximate surface area is 148 Å². The van der Waals surface area contributed by atoms with Gasteiger partial charge in [0.2, 0.25) is 0 Å². The van der Waals surface area contributed by atoms with Crippen molar-refractivity contribution in [1.82, 2.24) is 14.9 Å². The van der Waals surface area contributed by atoms with Crippen LogP contribution in [0.15, 0.2) is 24.4 Å². The quantitative estimate of drug-likeness (QED) is 0.907. The standard InChI is InChI=1S/C19H25N3O3/c1-12(2)20-19(23)16-11-22-10-13(5-8-18(22)21-16)15-7-6-14(24-3)9-17(15)25-4/h6-7,9,11-13H,5,8,10H2,1-4H3,(H,20,23). The molecule has 0 aliphatic carbocycles. The van der Waals surface area contributed by atoms with E-state index < -0.39 is 0 Å². The molecule has 0 fully saturated rings. The Bertz CT molecular complexity index is 767. The summed E-state index contributed by atoms with van der Waals surface area (Å²) in [5.74, 6) is 2.80. The van der Waals surface area contributed by atoms with Crippen LogP contribution in [0.25, 0.3) is 0 Å². The lowest BCUT2D eigenvalue weighted by atomic mass is 9.91. The molecule has 0 bridgehead atoms. The van der Waals surface area contributed by atoms with Crippen LogP contribution in [-0.2, 0) is 13.0 Å². The van der Waals surface area contributed by atoms with Crippen molar-refractivity contribution in [3.8, 4) is 11.5 Å². The molecule has 1 N–H and O–H groups in total. The van der Waals surface area contributed by atoms with Crippen molar-refractivity contribution in [3.05, 3.63) is 41.5 Å².